The maximum absolute atomic E-state index is 12.9. The fourth-order valence-corrected chi connectivity index (χ4v) is 4.18. The molecule has 0 saturated heterocycles. The highest BCUT2D eigenvalue weighted by molar-refractivity contribution is 7.92. The van der Waals surface area contributed by atoms with Crippen LogP contribution in [0.15, 0.2) is 36.4 Å². The number of nitrogens with one attached hydrogen (secondary N) is 1. The lowest BCUT2D eigenvalue weighted by atomic mass is 10.1. The molecular weight excluding hydrogens is 380 g/mol. The summed E-state index contributed by atoms with van der Waals surface area (Å²) >= 11 is 0. The molecule has 1 amide bonds. The minimum absolute atomic E-state index is 0.414. The molecule has 0 aliphatic carbocycles. The summed E-state index contributed by atoms with van der Waals surface area (Å²) in [6.45, 7) is 5.30. The summed E-state index contributed by atoms with van der Waals surface area (Å²) in [4.78, 5) is 12.9. The molecule has 1 N–H and O–H groups in total. The molecule has 8 heteroatoms. The van der Waals surface area contributed by atoms with Gasteiger partial charge in [0, 0.05) is 6.07 Å². The van der Waals surface area contributed by atoms with Gasteiger partial charge in [0.15, 0.2) is 0 Å². The Bertz CT molecular complexity index is 952. The van der Waals surface area contributed by atoms with E-state index in [2.05, 4.69) is 5.32 Å². The van der Waals surface area contributed by atoms with Crippen molar-refractivity contribution in [3.05, 3.63) is 47.5 Å². The second-order valence-electron chi connectivity index (χ2n) is 6.64. The highest BCUT2D eigenvalue weighted by Gasteiger charge is 2.30. The Hall–Kier alpha value is -2.74. The van der Waals surface area contributed by atoms with Gasteiger partial charge in [0.2, 0.25) is 15.9 Å². The summed E-state index contributed by atoms with van der Waals surface area (Å²) in [5.41, 5.74) is 2.69. The predicted molar refractivity (Wildman–Crippen MR) is 111 cm³/mol. The zero-order valence-electron chi connectivity index (χ0n) is 16.9. The first-order chi connectivity index (χ1) is 13.1. The predicted octanol–water partition coefficient (Wildman–Crippen LogP) is 3.11. The first kappa shape index (κ1) is 21.6. The number of amides is 1. The van der Waals surface area contributed by atoms with Crippen LogP contribution in [0.5, 0.6) is 11.5 Å². The molecular formula is C20H26N2O5S. The lowest BCUT2D eigenvalue weighted by Gasteiger charge is -2.29. The van der Waals surface area contributed by atoms with Crippen LogP contribution in [-0.2, 0) is 14.8 Å². The van der Waals surface area contributed by atoms with Gasteiger partial charge in [-0.05, 0) is 56.2 Å². The van der Waals surface area contributed by atoms with Gasteiger partial charge in [0.05, 0.1) is 31.9 Å². The van der Waals surface area contributed by atoms with E-state index in [0.29, 0.717) is 22.9 Å². The minimum atomic E-state index is -3.69. The number of aryl methyl sites for hydroxylation is 2. The van der Waals surface area contributed by atoms with Crippen LogP contribution >= 0.6 is 0 Å². The van der Waals surface area contributed by atoms with Crippen molar-refractivity contribution < 1.29 is 22.7 Å². The van der Waals surface area contributed by atoms with Crippen LogP contribution in [0.4, 0.5) is 11.4 Å². The van der Waals surface area contributed by atoms with Crippen molar-refractivity contribution in [2.75, 3.05) is 30.1 Å². The van der Waals surface area contributed by atoms with E-state index in [1.807, 2.05) is 19.9 Å². The maximum atomic E-state index is 12.9. The second kappa shape index (κ2) is 8.52. The van der Waals surface area contributed by atoms with E-state index >= 15 is 0 Å². The number of hydrogen-bond acceptors (Lipinski definition) is 5. The maximum Gasteiger partial charge on any atom is 0.248 e. The normalized spacial score (nSPS) is 12.2. The van der Waals surface area contributed by atoms with Crippen molar-refractivity contribution in [2.24, 2.45) is 0 Å². The van der Waals surface area contributed by atoms with Gasteiger partial charge < -0.3 is 14.8 Å². The van der Waals surface area contributed by atoms with Crippen LogP contribution < -0.4 is 19.1 Å². The summed E-state index contributed by atoms with van der Waals surface area (Å²) in [5, 5.41) is 2.74. The van der Waals surface area contributed by atoms with Crippen molar-refractivity contribution >= 4 is 27.3 Å². The molecule has 0 unspecified atom stereocenters. The molecule has 28 heavy (non-hydrogen) atoms. The zero-order chi connectivity index (χ0) is 21.1. The van der Waals surface area contributed by atoms with E-state index in [4.69, 9.17) is 9.47 Å². The van der Waals surface area contributed by atoms with Gasteiger partial charge in [0.1, 0.15) is 17.5 Å². The number of anilines is 2. The molecule has 0 bridgehead atoms. The lowest BCUT2D eigenvalue weighted by Crippen LogP contribution is -2.45. The SMILES string of the molecule is COc1ccc(NC(=O)[C@@H](C)N(c2cc(C)cc(C)c2)S(C)(=O)=O)c(OC)c1. The highest BCUT2D eigenvalue weighted by Crippen LogP contribution is 2.30. The Kier molecular flexibility index (Phi) is 6.56. The summed E-state index contributed by atoms with van der Waals surface area (Å²) in [6.07, 6.45) is 1.09. The smallest absolute Gasteiger partial charge is 0.248 e. The van der Waals surface area contributed by atoms with Gasteiger partial charge >= 0.3 is 0 Å². The molecule has 1 atom stereocenters. The molecule has 0 heterocycles. The number of benzene rings is 2. The van der Waals surface area contributed by atoms with Gasteiger partial charge in [-0.1, -0.05) is 6.07 Å². The van der Waals surface area contributed by atoms with Crippen molar-refractivity contribution in [1.29, 1.82) is 0 Å². The summed E-state index contributed by atoms with van der Waals surface area (Å²) < 4.78 is 36.5. The Morgan fingerprint density at radius 2 is 1.64 bits per heavy atom. The molecule has 2 rings (SSSR count). The van der Waals surface area contributed by atoms with Gasteiger partial charge in [0.25, 0.3) is 0 Å². The number of methoxy groups -OCH3 is 2. The Morgan fingerprint density at radius 1 is 1.04 bits per heavy atom. The van der Waals surface area contributed by atoms with Crippen molar-refractivity contribution in [2.45, 2.75) is 26.8 Å². The van der Waals surface area contributed by atoms with E-state index in [1.54, 1.807) is 37.3 Å². The number of carbonyl (C=O) groups excluding carboxylic acids is 1. The molecule has 0 fully saturated rings. The fraction of sp³-hybridized carbons (Fsp3) is 0.350. The third-order valence-electron chi connectivity index (χ3n) is 4.22. The van der Waals surface area contributed by atoms with Crippen molar-refractivity contribution in [1.82, 2.24) is 0 Å². The molecule has 0 saturated carbocycles. The van der Waals surface area contributed by atoms with E-state index < -0.39 is 22.0 Å². The third kappa shape index (κ3) is 4.95. The fourth-order valence-electron chi connectivity index (χ4n) is 3.03. The van der Waals surface area contributed by atoms with Gasteiger partial charge in [-0.25, -0.2) is 8.42 Å². The lowest BCUT2D eigenvalue weighted by molar-refractivity contribution is -0.116. The first-order valence-corrected chi connectivity index (χ1v) is 10.5. The topological polar surface area (TPSA) is 84.9 Å². The molecule has 0 aromatic heterocycles. The molecule has 0 radical (unpaired) electrons. The molecule has 0 spiro atoms. The summed E-state index contributed by atoms with van der Waals surface area (Å²) in [6, 6.07) is 9.42. The van der Waals surface area contributed by atoms with E-state index in [0.717, 1.165) is 21.7 Å². The highest BCUT2D eigenvalue weighted by atomic mass is 32.2. The Labute approximate surface area is 166 Å². The van der Waals surface area contributed by atoms with E-state index in [1.165, 1.54) is 14.2 Å². The molecule has 0 aliphatic heterocycles. The first-order valence-electron chi connectivity index (χ1n) is 8.67. The van der Waals surface area contributed by atoms with Gasteiger partial charge in [-0.15, -0.1) is 0 Å². The van der Waals surface area contributed by atoms with Crippen LogP contribution in [0.3, 0.4) is 0 Å². The van der Waals surface area contributed by atoms with E-state index in [9.17, 15) is 13.2 Å². The van der Waals surface area contributed by atoms with Crippen LogP contribution in [0.2, 0.25) is 0 Å². The Morgan fingerprint density at radius 3 is 2.14 bits per heavy atom. The number of ether oxygens (including phenoxy) is 2. The van der Waals surface area contributed by atoms with Crippen molar-refractivity contribution in [3.63, 3.8) is 0 Å². The van der Waals surface area contributed by atoms with Crippen LogP contribution in [0.25, 0.3) is 0 Å². The van der Waals surface area contributed by atoms with Gasteiger partial charge in [-0.2, -0.15) is 0 Å². The van der Waals surface area contributed by atoms with E-state index in [-0.39, 0.29) is 0 Å². The Balaban J connectivity index is 2.37. The third-order valence-corrected chi connectivity index (χ3v) is 5.46. The molecule has 2 aromatic carbocycles. The monoisotopic (exact) mass is 406 g/mol. The number of nitrogens with zero attached hydrogens (tertiary/aromatic N) is 1. The van der Waals surface area contributed by atoms with Crippen LogP contribution in [0.1, 0.15) is 18.1 Å². The van der Waals surface area contributed by atoms with Gasteiger partial charge in [-0.3, -0.25) is 9.10 Å². The minimum Gasteiger partial charge on any atom is -0.497 e. The summed E-state index contributed by atoms with van der Waals surface area (Å²) in [7, 11) is -0.684. The zero-order valence-corrected chi connectivity index (χ0v) is 17.8. The quantitative estimate of drug-likeness (QED) is 0.764. The second-order valence-corrected chi connectivity index (χ2v) is 8.50. The molecule has 2 aromatic rings. The van der Waals surface area contributed by atoms with Crippen molar-refractivity contribution in [3.8, 4) is 11.5 Å². The largest absolute Gasteiger partial charge is 0.497 e. The number of carbonyl (C=O) groups is 1. The number of hydrogen-bond donors (Lipinski definition) is 1. The van der Waals surface area contributed by atoms with Crippen LogP contribution in [-0.4, -0.2) is 40.8 Å². The number of sulfonamides is 1. The standard InChI is InChI=1S/C20H26N2O5S/c1-13-9-14(2)11-16(10-13)22(28(6,24)25)15(3)20(23)21-18-8-7-17(26-4)12-19(18)27-5/h7-12,15H,1-6H3,(H,21,23)/t15-/m1/s1. The molecule has 7 nitrogen and oxygen atoms in total. The average Bonchev–Trinajstić information content (AvgIpc) is 2.60. The molecule has 152 valence electrons. The summed E-state index contributed by atoms with van der Waals surface area (Å²) in [5.74, 6) is 0.515. The molecule has 0 aliphatic rings. The average molecular weight is 407 g/mol. The van der Waals surface area contributed by atoms with Crippen LogP contribution in [0, 0.1) is 13.8 Å². The number of rotatable bonds is 7.